The summed E-state index contributed by atoms with van der Waals surface area (Å²) in [6, 6.07) is 4.72. The number of nitrogens with zero attached hydrogens (tertiary/aromatic N) is 2. The van der Waals surface area contributed by atoms with E-state index in [0.29, 0.717) is 19.8 Å². The molecule has 0 unspecified atom stereocenters. The van der Waals surface area contributed by atoms with Gasteiger partial charge in [-0.25, -0.2) is 0 Å². The highest BCUT2D eigenvalue weighted by atomic mass is 19.4. The van der Waals surface area contributed by atoms with Gasteiger partial charge in [-0.15, -0.1) is 0 Å². The van der Waals surface area contributed by atoms with Crippen LogP contribution in [0.3, 0.4) is 0 Å². The topological polar surface area (TPSA) is 45.5 Å². The number of morpholine rings is 1. The molecular weight excluding hydrogens is 285 g/mol. The number of hydrogen-bond donors (Lipinski definition) is 0. The third-order valence-electron chi connectivity index (χ3n) is 3.20. The Hall–Kier alpha value is -1.78. The number of ether oxygens (including phenoxy) is 2. The predicted molar refractivity (Wildman–Crippen MR) is 68.9 cm³/mol. The lowest BCUT2D eigenvalue weighted by atomic mass is 10.1. The summed E-state index contributed by atoms with van der Waals surface area (Å²) >= 11 is 0. The Bertz CT molecular complexity index is 520. The molecule has 2 rings (SSSR count). The Morgan fingerprint density at radius 3 is 2.62 bits per heavy atom. The van der Waals surface area contributed by atoms with Gasteiger partial charge >= 0.3 is 6.18 Å². The van der Waals surface area contributed by atoms with Gasteiger partial charge in [0.2, 0.25) is 0 Å². The molecule has 21 heavy (non-hydrogen) atoms. The summed E-state index contributed by atoms with van der Waals surface area (Å²) in [7, 11) is 0. The molecule has 4 nitrogen and oxygen atoms in total. The molecule has 1 aromatic carbocycles. The Balaban J connectivity index is 1.99. The molecular formula is C14H15F3N2O2. The van der Waals surface area contributed by atoms with Crippen LogP contribution in [0.2, 0.25) is 0 Å². The molecule has 1 aromatic rings. The van der Waals surface area contributed by atoms with Crippen LogP contribution in [0.4, 0.5) is 13.2 Å². The fourth-order valence-electron chi connectivity index (χ4n) is 2.02. The van der Waals surface area contributed by atoms with Crippen LogP contribution in [0.25, 0.3) is 0 Å². The van der Waals surface area contributed by atoms with Crippen LogP contribution in [0.5, 0.6) is 5.75 Å². The molecule has 1 fully saturated rings. The van der Waals surface area contributed by atoms with Gasteiger partial charge in [-0.3, -0.25) is 4.90 Å². The van der Waals surface area contributed by atoms with Crippen LogP contribution >= 0.6 is 0 Å². The standard InChI is InChI=1S/C14H15F3N2O2/c15-14(16,17)12-2-1-11(10-18)13(9-12)21-8-5-19-3-6-20-7-4-19/h1-2,9H,3-8H2. The highest BCUT2D eigenvalue weighted by molar-refractivity contribution is 5.46. The third-order valence-corrected chi connectivity index (χ3v) is 3.20. The van der Waals surface area contributed by atoms with E-state index in [0.717, 1.165) is 31.3 Å². The van der Waals surface area contributed by atoms with Gasteiger partial charge in [0, 0.05) is 19.6 Å². The van der Waals surface area contributed by atoms with Gasteiger partial charge in [0.05, 0.1) is 24.3 Å². The first-order valence-corrected chi connectivity index (χ1v) is 6.55. The first-order valence-electron chi connectivity index (χ1n) is 6.55. The summed E-state index contributed by atoms with van der Waals surface area (Å²) < 4.78 is 48.5. The van der Waals surface area contributed by atoms with Crippen molar-refractivity contribution in [2.24, 2.45) is 0 Å². The largest absolute Gasteiger partial charge is 0.491 e. The van der Waals surface area contributed by atoms with E-state index in [9.17, 15) is 13.2 Å². The van der Waals surface area contributed by atoms with Crippen LogP contribution < -0.4 is 4.74 Å². The van der Waals surface area contributed by atoms with Crippen molar-refractivity contribution in [2.75, 3.05) is 39.5 Å². The number of hydrogen-bond acceptors (Lipinski definition) is 4. The number of rotatable bonds is 4. The van der Waals surface area contributed by atoms with Crippen molar-refractivity contribution in [1.82, 2.24) is 4.90 Å². The van der Waals surface area contributed by atoms with Crippen molar-refractivity contribution >= 4 is 0 Å². The second kappa shape index (κ2) is 6.78. The van der Waals surface area contributed by atoms with Crippen LogP contribution in [0.15, 0.2) is 18.2 Å². The van der Waals surface area contributed by atoms with Crippen molar-refractivity contribution in [3.05, 3.63) is 29.3 Å². The van der Waals surface area contributed by atoms with Gasteiger partial charge in [0.25, 0.3) is 0 Å². The van der Waals surface area contributed by atoms with Crippen molar-refractivity contribution in [1.29, 1.82) is 5.26 Å². The first-order chi connectivity index (χ1) is 10.0. The lowest BCUT2D eigenvalue weighted by Gasteiger charge is -2.26. The van der Waals surface area contributed by atoms with Gasteiger partial charge in [0.1, 0.15) is 18.4 Å². The SMILES string of the molecule is N#Cc1ccc(C(F)(F)F)cc1OCCN1CCOCC1. The van der Waals surface area contributed by atoms with E-state index in [2.05, 4.69) is 4.90 Å². The highest BCUT2D eigenvalue weighted by Gasteiger charge is 2.31. The molecule has 0 N–H and O–H groups in total. The smallest absolute Gasteiger partial charge is 0.416 e. The minimum Gasteiger partial charge on any atom is -0.491 e. The van der Waals surface area contributed by atoms with E-state index in [1.54, 1.807) is 0 Å². The second-order valence-corrected chi connectivity index (χ2v) is 4.62. The summed E-state index contributed by atoms with van der Waals surface area (Å²) in [5.41, 5.74) is -0.715. The Morgan fingerprint density at radius 2 is 2.00 bits per heavy atom. The molecule has 0 aliphatic carbocycles. The number of nitriles is 1. The zero-order chi connectivity index (χ0) is 15.3. The fraction of sp³-hybridized carbons (Fsp3) is 0.500. The van der Waals surface area contributed by atoms with Crippen molar-refractivity contribution in [3.8, 4) is 11.8 Å². The Morgan fingerprint density at radius 1 is 1.29 bits per heavy atom. The molecule has 7 heteroatoms. The van der Waals surface area contributed by atoms with Gasteiger partial charge in [0.15, 0.2) is 0 Å². The average molecular weight is 300 g/mol. The van der Waals surface area contributed by atoms with Gasteiger partial charge < -0.3 is 9.47 Å². The van der Waals surface area contributed by atoms with Crippen LogP contribution in [0, 0.1) is 11.3 Å². The molecule has 0 atom stereocenters. The van der Waals surface area contributed by atoms with E-state index in [-0.39, 0.29) is 17.9 Å². The van der Waals surface area contributed by atoms with Crippen LogP contribution in [-0.4, -0.2) is 44.4 Å². The fourth-order valence-corrected chi connectivity index (χ4v) is 2.02. The van der Waals surface area contributed by atoms with E-state index in [4.69, 9.17) is 14.7 Å². The van der Waals surface area contributed by atoms with Gasteiger partial charge in [-0.1, -0.05) is 0 Å². The maximum absolute atomic E-state index is 12.7. The molecule has 0 aromatic heterocycles. The van der Waals surface area contributed by atoms with Gasteiger partial charge in [-0.05, 0) is 18.2 Å². The third kappa shape index (κ3) is 4.34. The summed E-state index contributed by atoms with van der Waals surface area (Å²) in [4.78, 5) is 2.10. The summed E-state index contributed by atoms with van der Waals surface area (Å²) in [6.45, 7) is 3.66. The molecule has 1 saturated heterocycles. The molecule has 1 aliphatic heterocycles. The van der Waals surface area contributed by atoms with Gasteiger partial charge in [-0.2, -0.15) is 18.4 Å². The van der Waals surface area contributed by atoms with E-state index in [1.807, 2.05) is 6.07 Å². The lowest BCUT2D eigenvalue weighted by molar-refractivity contribution is -0.137. The predicted octanol–water partition coefficient (Wildman–Crippen LogP) is 2.29. The molecule has 0 amide bonds. The molecule has 0 radical (unpaired) electrons. The number of benzene rings is 1. The van der Waals surface area contributed by atoms with Crippen molar-refractivity contribution in [2.45, 2.75) is 6.18 Å². The molecule has 0 bridgehead atoms. The highest BCUT2D eigenvalue weighted by Crippen LogP contribution is 2.32. The monoisotopic (exact) mass is 300 g/mol. The van der Waals surface area contributed by atoms with E-state index in [1.165, 1.54) is 0 Å². The quantitative estimate of drug-likeness (QED) is 0.856. The summed E-state index contributed by atoms with van der Waals surface area (Å²) in [5, 5.41) is 8.92. The molecule has 114 valence electrons. The Labute approximate surface area is 120 Å². The van der Waals surface area contributed by atoms with Crippen molar-refractivity contribution in [3.63, 3.8) is 0 Å². The zero-order valence-electron chi connectivity index (χ0n) is 11.3. The lowest BCUT2D eigenvalue weighted by Crippen LogP contribution is -2.38. The second-order valence-electron chi connectivity index (χ2n) is 4.62. The average Bonchev–Trinajstić information content (AvgIpc) is 2.47. The number of alkyl halides is 3. The molecule has 1 heterocycles. The van der Waals surface area contributed by atoms with Crippen LogP contribution in [0.1, 0.15) is 11.1 Å². The first kappa shape index (κ1) is 15.6. The van der Waals surface area contributed by atoms with E-state index >= 15 is 0 Å². The number of halogens is 3. The Kier molecular flexibility index (Phi) is 5.04. The van der Waals surface area contributed by atoms with E-state index < -0.39 is 11.7 Å². The molecule has 0 saturated carbocycles. The summed E-state index contributed by atoms with van der Waals surface area (Å²) in [5.74, 6) is -0.0272. The van der Waals surface area contributed by atoms with Crippen molar-refractivity contribution < 1.29 is 22.6 Å². The summed E-state index contributed by atoms with van der Waals surface area (Å²) in [6.07, 6.45) is -4.45. The maximum atomic E-state index is 12.7. The minimum atomic E-state index is -4.45. The minimum absolute atomic E-state index is 0.0272. The van der Waals surface area contributed by atoms with Crippen LogP contribution in [-0.2, 0) is 10.9 Å². The molecule has 1 aliphatic rings. The molecule has 0 spiro atoms. The zero-order valence-corrected chi connectivity index (χ0v) is 11.3. The maximum Gasteiger partial charge on any atom is 0.416 e. The normalized spacial score (nSPS) is 16.5.